The Kier molecular flexibility index (Phi) is 5.00. The lowest BCUT2D eigenvalue weighted by atomic mass is 9.92. The summed E-state index contributed by atoms with van der Waals surface area (Å²) >= 11 is 0. The van der Waals surface area contributed by atoms with E-state index in [2.05, 4.69) is 4.90 Å². The third kappa shape index (κ3) is 3.26. The summed E-state index contributed by atoms with van der Waals surface area (Å²) in [6.45, 7) is 6.07. The molecule has 2 amide bonds. The molecule has 3 heterocycles. The van der Waals surface area contributed by atoms with Crippen LogP contribution in [-0.2, 0) is 11.3 Å². The molecule has 4 rings (SSSR count). The molecule has 0 N–H and O–H groups in total. The largest absolute Gasteiger partial charge is 0.342 e. The predicted octanol–water partition coefficient (Wildman–Crippen LogP) is 2.65. The maximum Gasteiger partial charge on any atom is 0.272 e. The van der Waals surface area contributed by atoms with Crippen LogP contribution in [0.2, 0.25) is 0 Å². The monoisotopic (exact) mass is 358 g/mol. The molecule has 0 unspecified atom stereocenters. The third-order valence-electron chi connectivity index (χ3n) is 6.41. The Morgan fingerprint density at radius 2 is 1.81 bits per heavy atom. The fraction of sp³-hybridized carbons (Fsp3) is 0.750. The number of hydrogen-bond donors (Lipinski definition) is 0. The first-order valence-corrected chi connectivity index (χ1v) is 10.3. The van der Waals surface area contributed by atoms with Crippen molar-refractivity contribution in [1.29, 1.82) is 0 Å². The lowest BCUT2D eigenvalue weighted by molar-refractivity contribution is -0.136. The molecule has 1 aromatic heterocycles. The van der Waals surface area contributed by atoms with Gasteiger partial charge >= 0.3 is 0 Å². The molecule has 2 aliphatic heterocycles. The number of aryl methyl sites for hydroxylation is 1. The molecular weight excluding hydrogens is 328 g/mol. The Hall–Kier alpha value is -1.85. The average Bonchev–Trinajstić information content (AvgIpc) is 3.32. The van der Waals surface area contributed by atoms with Gasteiger partial charge in [-0.05, 0) is 45.1 Å². The number of fused-ring (bicyclic) bond motifs is 1. The molecule has 6 heteroatoms. The first-order chi connectivity index (χ1) is 12.7. The predicted molar refractivity (Wildman–Crippen MR) is 98.9 cm³/mol. The number of aromatic nitrogens is 2. The first kappa shape index (κ1) is 17.6. The molecule has 6 nitrogen and oxygen atoms in total. The standard InChI is InChI=1S/C20H30N4O2/c1-2-22-10-5-11-24-18(20(22)26)14-17(21-24)15-8-12-23(13-9-15)19(25)16-6-3-4-7-16/h14-16H,2-13H2,1H3. The summed E-state index contributed by atoms with van der Waals surface area (Å²) in [4.78, 5) is 29.3. The second-order valence-electron chi connectivity index (χ2n) is 8.00. The highest BCUT2D eigenvalue weighted by Gasteiger charge is 2.32. The van der Waals surface area contributed by atoms with Crippen molar-refractivity contribution in [2.75, 3.05) is 26.2 Å². The Labute approximate surface area is 155 Å². The second-order valence-corrected chi connectivity index (χ2v) is 8.00. The van der Waals surface area contributed by atoms with Crippen LogP contribution in [0.5, 0.6) is 0 Å². The number of hydrogen-bond acceptors (Lipinski definition) is 3. The fourth-order valence-corrected chi connectivity index (χ4v) is 4.78. The first-order valence-electron chi connectivity index (χ1n) is 10.3. The van der Waals surface area contributed by atoms with Crippen LogP contribution in [0.3, 0.4) is 0 Å². The van der Waals surface area contributed by atoms with Gasteiger partial charge in [0.2, 0.25) is 5.91 Å². The number of carbonyl (C=O) groups is 2. The molecule has 0 spiro atoms. The summed E-state index contributed by atoms with van der Waals surface area (Å²) in [5.41, 5.74) is 1.78. The van der Waals surface area contributed by atoms with Crippen LogP contribution in [0.25, 0.3) is 0 Å². The summed E-state index contributed by atoms with van der Waals surface area (Å²) in [5, 5.41) is 4.77. The zero-order chi connectivity index (χ0) is 18.1. The van der Waals surface area contributed by atoms with Crippen molar-refractivity contribution >= 4 is 11.8 Å². The zero-order valence-electron chi connectivity index (χ0n) is 15.8. The number of nitrogens with zero attached hydrogens (tertiary/aromatic N) is 4. The maximum atomic E-state index is 12.7. The summed E-state index contributed by atoms with van der Waals surface area (Å²) in [6.07, 6.45) is 7.43. The van der Waals surface area contributed by atoms with Crippen molar-refractivity contribution < 1.29 is 9.59 Å². The van der Waals surface area contributed by atoms with Gasteiger partial charge < -0.3 is 9.80 Å². The van der Waals surface area contributed by atoms with E-state index in [0.717, 1.165) is 76.2 Å². The number of likely N-dealkylation sites (tertiary alicyclic amines) is 1. The summed E-state index contributed by atoms with van der Waals surface area (Å²) in [7, 11) is 0. The van der Waals surface area contributed by atoms with Gasteiger partial charge in [-0.25, -0.2) is 0 Å². The van der Waals surface area contributed by atoms with Crippen molar-refractivity contribution in [2.45, 2.75) is 64.3 Å². The number of piperidine rings is 1. The highest BCUT2D eigenvalue weighted by molar-refractivity contribution is 5.93. The molecule has 0 bridgehead atoms. The summed E-state index contributed by atoms with van der Waals surface area (Å²) in [5.74, 6) is 1.12. The van der Waals surface area contributed by atoms with E-state index in [1.807, 2.05) is 22.6 Å². The Morgan fingerprint density at radius 3 is 2.50 bits per heavy atom. The van der Waals surface area contributed by atoms with Crippen molar-refractivity contribution in [3.63, 3.8) is 0 Å². The van der Waals surface area contributed by atoms with Crippen LogP contribution in [0.4, 0.5) is 0 Å². The minimum absolute atomic E-state index is 0.109. The highest BCUT2D eigenvalue weighted by Crippen LogP contribution is 2.32. The van der Waals surface area contributed by atoms with Crippen LogP contribution < -0.4 is 0 Å². The molecule has 1 saturated heterocycles. The minimum Gasteiger partial charge on any atom is -0.342 e. The molecular formula is C20H30N4O2. The van der Waals surface area contributed by atoms with Crippen molar-refractivity contribution in [3.05, 3.63) is 17.5 Å². The van der Waals surface area contributed by atoms with Crippen LogP contribution >= 0.6 is 0 Å². The number of amides is 2. The average molecular weight is 358 g/mol. The molecule has 2 fully saturated rings. The van der Waals surface area contributed by atoms with E-state index in [1.165, 1.54) is 12.8 Å². The minimum atomic E-state index is 0.109. The van der Waals surface area contributed by atoms with E-state index in [0.29, 0.717) is 11.8 Å². The lowest BCUT2D eigenvalue weighted by Crippen LogP contribution is -2.40. The number of rotatable bonds is 3. The van der Waals surface area contributed by atoms with Crippen molar-refractivity contribution in [1.82, 2.24) is 19.6 Å². The van der Waals surface area contributed by atoms with Crippen LogP contribution in [0.15, 0.2) is 6.07 Å². The van der Waals surface area contributed by atoms with E-state index in [4.69, 9.17) is 5.10 Å². The fourth-order valence-electron chi connectivity index (χ4n) is 4.78. The van der Waals surface area contributed by atoms with Gasteiger partial charge in [0.05, 0.1) is 5.69 Å². The van der Waals surface area contributed by atoms with Gasteiger partial charge in [0.25, 0.3) is 5.91 Å². The van der Waals surface area contributed by atoms with E-state index in [-0.39, 0.29) is 11.8 Å². The molecule has 142 valence electrons. The maximum absolute atomic E-state index is 12.7. The Balaban J connectivity index is 1.41. The van der Waals surface area contributed by atoms with E-state index < -0.39 is 0 Å². The van der Waals surface area contributed by atoms with Gasteiger partial charge in [0.1, 0.15) is 5.69 Å². The van der Waals surface area contributed by atoms with Gasteiger partial charge in [-0.2, -0.15) is 5.10 Å². The van der Waals surface area contributed by atoms with Crippen LogP contribution in [0, 0.1) is 5.92 Å². The Morgan fingerprint density at radius 1 is 1.08 bits per heavy atom. The molecule has 1 aliphatic carbocycles. The quantitative estimate of drug-likeness (QED) is 0.835. The SMILES string of the molecule is CCN1CCCn2nc(C3CCN(C(=O)C4CCCC4)CC3)cc2C1=O. The van der Waals surface area contributed by atoms with Gasteiger partial charge in [-0.3, -0.25) is 14.3 Å². The molecule has 0 aromatic carbocycles. The topological polar surface area (TPSA) is 58.4 Å². The Bertz CT molecular complexity index is 669. The van der Waals surface area contributed by atoms with Crippen LogP contribution in [0.1, 0.15) is 74.0 Å². The number of carbonyl (C=O) groups excluding carboxylic acids is 2. The smallest absolute Gasteiger partial charge is 0.272 e. The van der Waals surface area contributed by atoms with Gasteiger partial charge in [0, 0.05) is 44.6 Å². The highest BCUT2D eigenvalue weighted by atomic mass is 16.2. The summed E-state index contributed by atoms with van der Waals surface area (Å²) < 4.78 is 1.91. The molecule has 1 saturated carbocycles. The van der Waals surface area contributed by atoms with Gasteiger partial charge in [-0.1, -0.05) is 12.8 Å². The molecule has 0 radical (unpaired) electrons. The van der Waals surface area contributed by atoms with E-state index >= 15 is 0 Å². The van der Waals surface area contributed by atoms with E-state index in [9.17, 15) is 9.59 Å². The molecule has 3 aliphatic rings. The lowest BCUT2D eigenvalue weighted by Gasteiger charge is -2.33. The molecule has 26 heavy (non-hydrogen) atoms. The van der Waals surface area contributed by atoms with Gasteiger partial charge in [-0.15, -0.1) is 0 Å². The van der Waals surface area contributed by atoms with E-state index in [1.54, 1.807) is 0 Å². The third-order valence-corrected chi connectivity index (χ3v) is 6.41. The van der Waals surface area contributed by atoms with Crippen molar-refractivity contribution in [2.24, 2.45) is 5.92 Å². The second kappa shape index (κ2) is 7.41. The summed E-state index contributed by atoms with van der Waals surface area (Å²) in [6, 6.07) is 2.01. The van der Waals surface area contributed by atoms with Crippen LogP contribution in [-0.4, -0.2) is 57.6 Å². The zero-order valence-corrected chi connectivity index (χ0v) is 15.8. The molecule has 0 atom stereocenters. The van der Waals surface area contributed by atoms with Gasteiger partial charge in [0.15, 0.2) is 0 Å². The van der Waals surface area contributed by atoms with Crippen molar-refractivity contribution in [3.8, 4) is 0 Å². The normalized spacial score (nSPS) is 22.6. The molecule has 1 aromatic rings.